The van der Waals surface area contributed by atoms with E-state index in [9.17, 15) is 4.79 Å². The van der Waals surface area contributed by atoms with Gasteiger partial charge in [0.2, 0.25) is 5.91 Å². The molecule has 2 aliphatic heterocycles. The normalized spacial score (nSPS) is 20.4. The lowest BCUT2D eigenvalue weighted by atomic mass is 9.96. The number of piperidine rings is 1. The summed E-state index contributed by atoms with van der Waals surface area (Å²) >= 11 is 0. The number of hydrogen-bond acceptors (Lipinski definition) is 5. The lowest BCUT2D eigenvalue weighted by Gasteiger charge is -2.37. The molecular formula is C23H37N3O3. The number of carbonyl (C=O) groups excluding carboxylic acids is 1. The van der Waals surface area contributed by atoms with E-state index in [2.05, 4.69) is 40.8 Å². The molecule has 2 heterocycles. The second kappa shape index (κ2) is 11.0. The first kappa shape index (κ1) is 22.1. The second-order valence-corrected chi connectivity index (χ2v) is 8.45. The molecule has 1 atom stereocenters. The summed E-state index contributed by atoms with van der Waals surface area (Å²) in [6.45, 7) is 9.08. The molecule has 0 aromatic heterocycles. The van der Waals surface area contributed by atoms with Crippen LogP contribution < -0.4 is 4.74 Å². The summed E-state index contributed by atoms with van der Waals surface area (Å²) in [5.74, 6) is 1.73. The van der Waals surface area contributed by atoms with E-state index in [1.54, 1.807) is 7.11 Å². The summed E-state index contributed by atoms with van der Waals surface area (Å²) in [4.78, 5) is 20.2. The predicted molar refractivity (Wildman–Crippen MR) is 115 cm³/mol. The molecule has 162 valence electrons. The van der Waals surface area contributed by atoms with Gasteiger partial charge in [-0.3, -0.25) is 9.69 Å². The van der Waals surface area contributed by atoms with Crippen LogP contribution in [-0.2, 0) is 16.0 Å². The van der Waals surface area contributed by atoms with Crippen molar-refractivity contribution in [3.63, 3.8) is 0 Å². The van der Waals surface area contributed by atoms with E-state index in [0.29, 0.717) is 5.92 Å². The van der Waals surface area contributed by atoms with Gasteiger partial charge in [0.15, 0.2) is 0 Å². The SMILES string of the molecule is COc1ccc(CCN(CC2CCN(C)CC2)C(=O)[C@@H](C)N2CCOCC2)cc1. The number of morpholine rings is 1. The lowest BCUT2D eigenvalue weighted by Crippen LogP contribution is -2.52. The van der Waals surface area contributed by atoms with E-state index < -0.39 is 0 Å². The molecule has 1 amide bonds. The van der Waals surface area contributed by atoms with Crippen molar-refractivity contribution < 1.29 is 14.3 Å². The summed E-state index contributed by atoms with van der Waals surface area (Å²) in [6, 6.07) is 8.11. The molecule has 6 heteroatoms. The van der Waals surface area contributed by atoms with Gasteiger partial charge in [-0.1, -0.05) is 12.1 Å². The van der Waals surface area contributed by atoms with E-state index >= 15 is 0 Å². The van der Waals surface area contributed by atoms with E-state index in [1.165, 1.54) is 18.4 Å². The monoisotopic (exact) mass is 403 g/mol. The van der Waals surface area contributed by atoms with Crippen molar-refractivity contribution in [2.45, 2.75) is 32.2 Å². The molecule has 0 radical (unpaired) electrons. The van der Waals surface area contributed by atoms with Crippen molar-refractivity contribution >= 4 is 5.91 Å². The van der Waals surface area contributed by atoms with Crippen molar-refractivity contribution in [2.24, 2.45) is 5.92 Å². The molecule has 2 saturated heterocycles. The molecule has 0 unspecified atom stereocenters. The third-order valence-electron chi connectivity index (χ3n) is 6.41. The first-order valence-corrected chi connectivity index (χ1v) is 11.0. The highest BCUT2D eigenvalue weighted by Crippen LogP contribution is 2.20. The van der Waals surface area contributed by atoms with Crippen molar-refractivity contribution in [2.75, 3.05) is 66.6 Å². The number of benzene rings is 1. The zero-order valence-electron chi connectivity index (χ0n) is 18.3. The van der Waals surface area contributed by atoms with Gasteiger partial charge in [-0.05, 0) is 69.9 Å². The smallest absolute Gasteiger partial charge is 0.239 e. The number of ether oxygens (including phenoxy) is 2. The average Bonchev–Trinajstić information content (AvgIpc) is 2.78. The Kier molecular flexibility index (Phi) is 8.33. The maximum atomic E-state index is 13.4. The van der Waals surface area contributed by atoms with Crippen LogP contribution in [0.4, 0.5) is 0 Å². The highest BCUT2D eigenvalue weighted by molar-refractivity contribution is 5.81. The molecule has 0 N–H and O–H groups in total. The number of methoxy groups -OCH3 is 1. The molecule has 0 aliphatic carbocycles. The number of nitrogens with zero attached hydrogens (tertiary/aromatic N) is 3. The molecule has 1 aromatic carbocycles. The summed E-state index contributed by atoms with van der Waals surface area (Å²) in [7, 11) is 3.87. The molecule has 6 nitrogen and oxygen atoms in total. The molecule has 2 fully saturated rings. The van der Waals surface area contributed by atoms with Crippen LogP contribution in [-0.4, -0.2) is 93.3 Å². The Morgan fingerprint density at radius 3 is 2.45 bits per heavy atom. The molecule has 29 heavy (non-hydrogen) atoms. The first-order chi connectivity index (χ1) is 14.1. The van der Waals surface area contributed by atoms with Crippen LogP contribution >= 0.6 is 0 Å². The van der Waals surface area contributed by atoms with Gasteiger partial charge in [0, 0.05) is 26.2 Å². The van der Waals surface area contributed by atoms with Crippen LogP contribution in [0.2, 0.25) is 0 Å². The molecule has 3 rings (SSSR count). The van der Waals surface area contributed by atoms with Gasteiger partial charge >= 0.3 is 0 Å². The summed E-state index contributed by atoms with van der Waals surface area (Å²) in [5.41, 5.74) is 1.24. The van der Waals surface area contributed by atoms with Gasteiger partial charge < -0.3 is 19.3 Å². The third-order valence-corrected chi connectivity index (χ3v) is 6.41. The number of carbonyl (C=O) groups is 1. The average molecular weight is 404 g/mol. The van der Waals surface area contributed by atoms with E-state index in [-0.39, 0.29) is 11.9 Å². The van der Waals surface area contributed by atoms with Gasteiger partial charge in [-0.25, -0.2) is 0 Å². The number of hydrogen-bond donors (Lipinski definition) is 0. The molecule has 2 aliphatic rings. The summed E-state index contributed by atoms with van der Waals surface area (Å²) in [6.07, 6.45) is 3.22. The Labute approximate surface area is 175 Å². The van der Waals surface area contributed by atoms with Crippen LogP contribution in [0.1, 0.15) is 25.3 Å². The molecule has 0 saturated carbocycles. The Bertz CT molecular complexity index is 623. The van der Waals surface area contributed by atoms with Gasteiger partial charge in [0.25, 0.3) is 0 Å². The number of rotatable bonds is 8. The Morgan fingerprint density at radius 2 is 1.83 bits per heavy atom. The molecular weight excluding hydrogens is 366 g/mol. The Morgan fingerprint density at radius 1 is 1.17 bits per heavy atom. The van der Waals surface area contributed by atoms with E-state index in [4.69, 9.17) is 9.47 Å². The van der Waals surface area contributed by atoms with Gasteiger partial charge in [-0.2, -0.15) is 0 Å². The van der Waals surface area contributed by atoms with E-state index in [0.717, 1.165) is 64.7 Å². The second-order valence-electron chi connectivity index (χ2n) is 8.45. The van der Waals surface area contributed by atoms with Gasteiger partial charge in [0.1, 0.15) is 5.75 Å². The maximum Gasteiger partial charge on any atom is 0.239 e. The first-order valence-electron chi connectivity index (χ1n) is 11.0. The maximum absolute atomic E-state index is 13.4. The van der Waals surface area contributed by atoms with Gasteiger partial charge in [-0.15, -0.1) is 0 Å². The van der Waals surface area contributed by atoms with E-state index in [1.807, 2.05) is 12.1 Å². The minimum atomic E-state index is -0.0824. The highest BCUT2D eigenvalue weighted by Gasteiger charge is 2.29. The topological polar surface area (TPSA) is 45.2 Å². The zero-order valence-corrected chi connectivity index (χ0v) is 18.3. The third kappa shape index (κ3) is 6.43. The minimum absolute atomic E-state index is 0.0824. The summed E-state index contributed by atoms with van der Waals surface area (Å²) < 4.78 is 10.7. The fourth-order valence-electron chi connectivity index (χ4n) is 4.29. The fraction of sp³-hybridized carbons (Fsp3) is 0.696. The van der Waals surface area contributed by atoms with Crippen LogP contribution in [0.5, 0.6) is 5.75 Å². The number of amides is 1. The fourth-order valence-corrected chi connectivity index (χ4v) is 4.29. The summed E-state index contributed by atoms with van der Waals surface area (Å²) in [5, 5.41) is 0. The Balaban J connectivity index is 1.63. The predicted octanol–water partition coefficient (Wildman–Crippen LogP) is 2.13. The van der Waals surface area contributed by atoms with Gasteiger partial charge in [0.05, 0.1) is 26.4 Å². The van der Waals surface area contributed by atoms with Crippen molar-refractivity contribution in [1.29, 1.82) is 0 Å². The van der Waals surface area contributed by atoms with Crippen molar-refractivity contribution in [1.82, 2.24) is 14.7 Å². The minimum Gasteiger partial charge on any atom is -0.497 e. The number of likely N-dealkylation sites (tertiary alicyclic amines) is 1. The van der Waals surface area contributed by atoms with Crippen LogP contribution in [0, 0.1) is 5.92 Å². The van der Waals surface area contributed by atoms with Crippen molar-refractivity contribution in [3.8, 4) is 5.75 Å². The molecule has 0 bridgehead atoms. The highest BCUT2D eigenvalue weighted by atomic mass is 16.5. The Hall–Kier alpha value is -1.63. The molecule has 1 aromatic rings. The van der Waals surface area contributed by atoms with Crippen LogP contribution in [0.15, 0.2) is 24.3 Å². The van der Waals surface area contributed by atoms with Crippen LogP contribution in [0.25, 0.3) is 0 Å². The van der Waals surface area contributed by atoms with Crippen LogP contribution in [0.3, 0.4) is 0 Å². The standard InChI is InChI=1S/C23H37N3O3/c1-19(25-14-16-29-17-15-25)23(27)26(18-21-8-11-24(2)12-9-21)13-10-20-4-6-22(28-3)7-5-20/h4-7,19,21H,8-18H2,1-3H3/t19-/m1/s1. The quantitative estimate of drug-likeness (QED) is 0.665. The van der Waals surface area contributed by atoms with Crippen molar-refractivity contribution in [3.05, 3.63) is 29.8 Å². The lowest BCUT2D eigenvalue weighted by molar-refractivity contribution is -0.139. The zero-order chi connectivity index (χ0) is 20.6. The largest absolute Gasteiger partial charge is 0.497 e. The molecule has 0 spiro atoms.